The molecule has 3 nitrogen and oxygen atoms in total. The first-order valence-corrected chi connectivity index (χ1v) is 6.76. The Kier molecular flexibility index (Phi) is 4.74. The summed E-state index contributed by atoms with van der Waals surface area (Å²) in [5.41, 5.74) is 1.05. The van der Waals surface area contributed by atoms with Gasteiger partial charge in [0.15, 0.2) is 0 Å². The molecule has 1 amide bonds. The number of amides is 1. The molecular formula is C15H13BrFNO2. The maximum atomic E-state index is 13.7. The quantitative estimate of drug-likeness (QED) is 0.832. The zero-order valence-corrected chi connectivity index (χ0v) is 12.4. The average Bonchev–Trinajstić information content (AvgIpc) is 2.45. The first-order chi connectivity index (χ1) is 9.58. The Balaban J connectivity index is 2.01. The Bertz CT molecular complexity index is 604. The van der Waals surface area contributed by atoms with Gasteiger partial charge in [0.05, 0.1) is 5.69 Å². The summed E-state index contributed by atoms with van der Waals surface area (Å²) >= 11 is 3.17. The minimum atomic E-state index is -0.602. The van der Waals surface area contributed by atoms with Crippen LogP contribution in [0.1, 0.15) is 5.56 Å². The van der Waals surface area contributed by atoms with E-state index in [0.717, 1.165) is 10.5 Å². The van der Waals surface area contributed by atoms with Gasteiger partial charge in [0.25, 0.3) is 0 Å². The third kappa shape index (κ3) is 3.57. The molecule has 0 spiro atoms. The fraction of sp³-hybridized carbons (Fsp3) is 0.133. The van der Waals surface area contributed by atoms with E-state index in [2.05, 4.69) is 15.9 Å². The van der Waals surface area contributed by atoms with E-state index in [1.807, 2.05) is 30.3 Å². The van der Waals surface area contributed by atoms with Crippen molar-refractivity contribution < 1.29 is 13.9 Å². The standard InChI is InChI=1S/C15H13BrFNO2/c1-18(14-8-7-12(16)9-13(14)17)15(19)20-10-11-5-3-2-4-6-11/h2-9H,10H2,1H3. The predicted molar refractivity (Wildman–Crippen MR) is 79.1 cm³/mol. The van der Waals surface area contributed by atoms with Gasteiger partial charge in [-0.05, 0) is 23.8 Å². The summed E-state index contributed by atoms with van der Waals surface area (Å²) in [6.07, 6.45) is -0.602. The third-order valence-electron chi connectivity index (χ3n) is 2.75. The van der Waals surface area contributed by atoms with Crippen molar-refractivity contribution in [2.24, 2.45) is 0 Å². The van der Waals surface area contributed by atoms with E-state index in [-0.39, 0.29) is 12.3 Å². The van der Waals surface area contributed by atoms with Crippen molar-refractivity contribution in [1.82, 2.24) is 0 Å². The summed E-state index contributed by atoms with van der Waals surface area (Å²) in [5.74, 6) is -0.487. The second-order valence-corrected chi connectivity index (χ2v) is 5.11. The van der Waals surface area contributed by atoms with E-state index < -0.39 is 11.9 Å². The molecule has 2 rings (SSSR count). The van der Waals surface area contributed by atoms with Crippen LogP contribution in [0.25, 0.3) is 0 Å². The van der Waals surface area contributed by atoms with Gasteiger partial charge in [0, 0.05) is 11.5 Å². The highest BCUT2D eigenvalue weighted by Gasteiger charge is 2.16. The first-order valence-electron chi connectivity index (χ1n) is 5.97. The number of carbonyl (C=O) groups is 1. The summed E-state index contributed by atoms with van der Waals surface area (Å²) in [5, 5.41) is 0. The van der Waals surface area contributed by atoms with Gasteiger partial charge in [-0.25, -0.2) is 9.18 Å². The molecule has 0 unspecified atom stereocenters. The van der Waals surface area contributed by atoms with Gasteiger partial charge in [0.2, 0.25) is 0 Å². The fourth-order valence-corrected chi connectivity index (χ4v) is 2.00. The molecule has 0 aliphatic rings. The van der Waals surface area contributed by atoms with Crippen LogP contribution >= 0.6 is 15.9 Å². The van der Waals surface area contributed by atoms with Crippen LogP contribution in [0.5, 0.6) is 0 Å². The van der Waals surface area contributed by atoms with Crippen LogP contribution in [0.4, 0.5) is 14.9 Å². The molecule has 5 heteroatoms. The van der Waals surface area contributed by atoms with Gasteiger partial charge < -0.3 is 4.74 Å². The van der Waals surface area contributed by atoms with Gasteiger partial charge >= 0.3 is 6.09 Å². The highest BCUT2D eigenvalue weighted by atomic mass is 79.9. The molecule has 0 saturated heterocycles. The number of ether oxygens (including phenoxy) is 1. The van der Waals surface area contributed by atoms with E-state index in [9.17, 15) is 9.18 Å². The first kappa shape index (κ1) is 14.5. The number of anilines is 1. The molecule has 2 aromatic carbocycles. The van der Waals surface area contributed by atoms with Gasteiger partial charge in [-0.15, -0.1) is 0 Å². The minimum Gasteiger partial charge on any atom is -0.444 e. The summed E-state index contributed by atoms with van der Waals surface area (Å²) in [7, 11) is 1.47. The number of carbonyl (C=O) groups excluding carboxylic acids is 1. The molecule has 104 valence electrons. The van der Waals surface area contributed by atoms with Gasteiger partial charge in [-0.2, -0.15) is 0 Å². The Morgan fingerprint density at radius 2 is 1.95 bits per heavy atom. The van der Waals surface area contributed by atoms with E-state index in [0.29, 0.717) is 4.47 Å². The Hall–Kier alpha value is -1.88. The number of nitrogens with zero attached hydrogens (tertiary/aromatic N) is 1. The van der Waals surface area contributed by atoms with Crippen LogP contribution < -0.4 is 4.90 Å². The second kappa shape index (κ2) is 6.52. The van der Waals surface area contributed by atoms with Gasteiger partial charge in [-0.3, -0.25) is 4.90 Å². The molecule has 2 aromatic rings. The lowest BCUT2D eigenvalue weighted by atomic mass is 10.2. The molecule has 0 N–H and O–H groups in total. The Labute approximate surface area is 125 Å². The molecule has 0 saturated carbocycles. The van der Waals surface area contributed by atoms with Crippen molar-refractivity contribution in [1.29, 1.82) is 0 Å². The molecule has 0 bridgehead atoms. The van der Waals surface area contributed by atoms with Gasteiger partial charge in [-0.1, -0.05) is 46.3 Å². The molecule has 20 heavy (non-hydrogen) atoms. The number of benzene rings is 2. The largest absolute Gasteiger partial charge is 0.444 e. The van der Waals surface area contributed by atoms with Crippen molar-refractivity contribution in [3.63, 3.8) is 0 Å². The summed E-state index contributed by atoms with van der Waals surface area (Å²) < 4.78 is 19.5. The fourth-order valence-electron chi connectivity index (χ4n) is 1.67. The van der Waals surface area contributed by atoms with E-state index in [1.165, 1.54) is 19.2 Å². The van der Waals surface area contributed by atoms with E-state index >= 15 is 0 Å². The number of halogens is 2. The van der Waals surface area contributed by atoms with Crippen molar-refractivity contribution in [3.8, 4) is 0 Å². The van der Waals surface area contributed by atoms with Gasteiger partial charge in [0.1, 0.15) is 12.4 Å². The summed E-state index contributed by atoms with van der Waals surface area (Å²) in [6, 6.07) is 13.8. The van der Waals surface area contributed by atoms with E-state index in [1.54, 1.807) is 6.07 Å². The second-order valence-electron chi connectivity index (χ2n) is 4.19. The van der Waals surface area contributed by atoms with Crippen molar-refractivity contribution in [3.05, 3.63) is 64.4 Å². The average molecular weight is 338 g/mol. The highest BCUT2D eigenvalue weighted by molar-refractivity contribution is 9.10. The zero-order chi connectivity index (χ0) is 14.5. The molecular weight excluding hydrogens is 325 g/mol. The SMILES string of the molecule is CN(C(=O)OCc1ccccc1)c1ccc(Br)cc1F. The summed E-state index contributed by atoms with van der Waals surface area (Å²) in [6.45, 7) is 0.155. The van der Waals surface area contributed by atoms with Crippen LogP contribution in [-0.2, 0) is 11.3 Å². The smallest absolute Gasteiger partial charge is 0.414 e. The lowest BCUT2D eigenvalue weighted by molar-refractivity contribution is 0.148. The summed E-state index contributed by atoms with van der Waals surface area (Å²) in [4.78, 5) is 13.0. The predicted octanol–water partition coefficient (Wildman–Crippen LogP) is 4.36. The molecule has 0 radical (unpaired) electrons. The molecule has 0 aliphatic carbocycles. The Morgan fingerprint density at radius 1 is 1.25 bits per heavy atom. The van der Waals surface area contributed by atoms with Crippen LogP contribution in [0.3, 0.4) is 0 Å². The minimum absolute atomic E-state index is 0.155. The third-order valence-corrected chi connectivity index (χ3v) is 3.24. The van der Waals surface area contributed by atoms with Crippen molar-refractivity contribution >= 4 is 27.7 Å². The number of hydrogen-bond acceptors (Lipinski definition) is 2. The monoisotopic (exact) mass is 337 g/mol. The molecule has 0 atom stereocenters. The maximum absolute atomic E-state index is 13.7. The molecule has 0 aliphatic heterocycles. The lowest BCUT2D eigenvalue weighted by Crippen LogP contribution is -2.27. The molecule has 0 heterocycles. The topological polar surface area (TPSA) is 29.5 Å². The normalized spacial score (nSPS) is 10.2. The van der Waals surface area contributed by atoms with Crippen molar-refractivity contribution in [2.45, 2.75) is 6.61 Å². The van der Waals surface area contributed by atoms with Crippen LogP contribution in [-0.4, -0.2) is 13.1 Å². The van der Waals surface area contributed by atoms with E-state index in [4.69, 9.17) is 4.74 Å². The number of hydrogen-bond donors (Lipinski definition) is 0. The maximum Gasteiger partial charge on any atom is 0.414 e. The Morgan fingerprint density at radius 3 is 2.60 bits per heavy atom. The molecule has 0 aromatic heterocycles. The zero-order valence-electron chi connectivity index (χ0n) is 10.8. The highest BCUT2D eigenvalue weighted by Crippen LogP contribution is 2.22. The van der Waals surface area contributed by atoms with Crippen LogP contribution in [0, 0.1) is 5.82 Å². The number of rotatable bonds is 3. The lowest BCUT2D eigenvalue weighted by Gasteiger charge is -2.17. The van der Waals surface area contributed by atoms with Crippen molar-refractivity contribution in [2.75, 3.05) is 11.9 Å². The van der Waals surface area contributed by atoms with Crippen LogP contribution in [0.15, 0.2) is 53.0 Å². The van der Waals surface area contributed by atoms with Crippen LogP contribution in [0.2, 0.25) is 0 Å². The molecule has 0 fully saturated rings.